The molecule has 0 bridgehead atoms. The molecule has 0 saturated carbocycles. The summed E-state index contributed by atoms with van der Waals surface area (Å²) in [6.45, 7) is 2.21. The van der Waals surface area contributed by atoms with Crippen molar-refractivity contribution in [2.75, 3.05) is 18.0 Å². The van der Waals surface area contributed by atoms with Crippen LogP contribution in [-0.4, -0.2) is 39.7 Å². The van der Waals surface area contributed by atoms with Gasteiger partial charge in [-0.25, -0.2) is 14.8 Å². The molecule has 29 heavy (non-hydrogen) atoms. The maximum absolute atomic E-state index is 12.4. The Kier molecular flexibility index (Phi) is 5.95. The predicted octanol–water partition coefficient (Wildman–Crippen LogP) is 3.39. The fourth-order valence-electron chi connectivity index (χ4n) is 3.53. The van der Waals surface area contributed by atoms with Crippen LogP contribution in [0.25, 0.3) is 5.82 Å². The number of nitrogens with zero attached hydrogens (tertiary/aromatic N) is 4. The topological polar surface area (TPSA) is 75.1 Å². The van der Waals surface area contributed by atoms with Crippen LogP contribution in [0.3, 0.4) is 0 Å². The molecule has 3 heterocycles. The highest BCUT2D eigenvalue weighted by atomic mass is 35.5. The lowest BCUT2D eigenvalue weighted by Crippen LogP contribution is -2.47. The van der Waals surface area contributed by atoms with Crippen LogP contribution < -0.4 is 15.5 Å². The zero-order valence-corrected chi connectivity index (χ0v) is 16.7. The summed E-state index contributed by atoms with van der Waals surface area (Å²) in [6.07, 6.45) is 8.77. The standard InChI is InChI=1S/C21H23ClN6O/c22-17-3-5-19(6-4-17)27-11-7-18(8-12-27)26-21(29)25-14-16-2-1-9-24-20(16)28-13-10-23-15-28/h1-6,9-10,13,15,18H,7-8,11-12,14H2,(H2,25,26,29). The van der Waals surface area contributed by atoms with Gasteiger partial charge < -0.3 is 15.5 Å². The van der Waals surface area contributed by atoms with E-state index in [1.165, 1.54) is 5.69 Å². The summed E-state index contributed by atoms with van der Waals surface area (Å²) < 4.78 is 1.83. The van der Waals surface area contributed by atoms with Crippen molar-refractivity contribution in [3.8, 4) is 5.82 Å². The van der Waals surface area contributed by atoms with Crippen molar-refractivity contribution in [3.05, 3.63) is 71.9 Å². The van der Waals surface area contributed by atoms with Crippen LogP contribution in [0.15, 0.2) is 61.3 Å². The van der Waals surface area contributed by atoms with Gasteiger partial charge in [-0.15, -0.1) is 0 Å². The molecule has 0 spiro atoms. The molecular weight excluding hydrogens is 388 g/mol. The number of amides is 2. The maximum atomic E-state index is 12.4. The molecule has 2 N–H and O–H groups in total. The summed E-state index contributed by atoms with van der Waals surface area (Å²) in [5.41, 5.74) is 2.10. The first-order chi connectivity index (χ1) is 14.2. The molecule has 1 saturated heterocycles. The molecule has 1 fully saturated rings. The van der Waals surface area contributed by atoms with Gasteiger partial charge in [-0.1, -0.05) is 17.7 Å². The molecule has 2 amide bonds. The molecule has 150 valence electrons. The minimum absolute atomic E-state index is 0.157. The van der Waals surface area contributed by atoms with E-state index in [4.69, 9.17) is 11.6 Å². The van der Waals surface area contributed by atoms with E-state index in [2.05, 4.69) is 25.5 Å². The number of aromatic nitrogens is 3. The Hall–Kier alpha value is -3.06. The third-order valence-corrected chi connectivity index (χ3v) is 5.33. The number of carbonyl (C=O) groups excluding carboxylic acids is 1. The van der Waals surface area contributed by atoms with Gasteiger partial charge in [-0.3, -0.25) is 4.57 Å². The normalized spacial score (nSPS) is 14.6. The largest absolute Gasteiger partial charge is 0.371 e. The number of imidazole rings is 1. The summed E-state index contributed by atoms with van der Waals surface area (Å²) in [5.74, 6) is 0.765. The van der Waals surface area contributed by atoms with E-state index in [-0.39, 0.29) is 12.1 Å². The number of carbonyl (C=O) groups is 1. The van der Waals surface area contributed by atoms with Crippen molar-refractivity contribution in [1.29, 1.82) is 0 Å². The van der Waals surface area contributed by atoms with E-state index in [0.717, 1.165) is 42.3 Å². The number of anilines is 1. The number of hydrogen-bond donors (Lipinski definition) is 2. The first kappa shape index (κ1) is 19.3. The number of halogens is 1. The van der Waals surface area contributed by atoms with Crippen LogP contribution in [0.1, 0.15) is 18.4 Å². The average molecular weight is 411 g/mol. The number of urea groups is 1. The van der Waals surface area contributed by atoms with Crippen LogP contribution in [0.5, 0.6) is 0 Å². The average Bonchev–Trinajstić information content (AvgIpc) is 3.28. The highest BCUT2D eigenvalue weighted by Gasteiger charge is 2.21. The number of nitrogens with one attached hydrogen (secondary N) is 2. The Morgan fingerprint density at radius 2 is 1.93 bits per heavy atom. The second-order valence-electron chi connectivity index (χ2n) is 7.02. The predicted molar refractivity (Wildman–Crippen MR) is 113 cm³/mol. The third kappa shape index (κ3) is 4.86. The van der Waals surface area contributed by atoms with Gasteiger partial charge >= 0.3 is 6.03 Å². The molecule has 0 radical (unpaired) electrons. The zero-order valence-electron chi connectivity index (χ0n) is 16.0. The molecule has 3 aromatic rings. The van der Waals surface area contributed by atoms with Gasteiger partial charge in [0, 0.05) is 60.5 Å². The van der Waals surface area contributed by atoms with E-state index >= 15 is 0 Å². The molecule has 7 nitrogen and oxygen atoms in total. The van der Waals surface area contributed by atoms with Crippen LogP contribution in [0.4, 0.5) is 10.5 Å². The second-order valence-corrected chi connectivity index (χ2v) is 7.46. The van der Waals surface area contributed by atoms with Crippen LogP contribution in [0, 0.1) is 0 Å². The molecule has 2 aromatic heterocycles. The van der Waals surface area contributed by atoms with E-state index in [9.17, 15) is 4.79 Å². The molecule has 1 aromatic carbocycles. The van der Waals surface area contributed by atoms with E-state index in [1.54, 1.807) is 18.7 Å². The molecule has 1 aliphatic heterocycles. The Balaban J connectivity index is 1.27. The number of pyridine rings is 1. The van der Waals surface area contributed by atoms with Gasteiger partial charge in [-0.2, -0.15) is 0 Å². The Labute approximate surface area is 174 Å². The van der Waals surface area contributed by atoms with Gasteiger partial charge in [0.1, 0.15) is 12.1 Å². The van der Waals surface area contributed by atoms with E-state index in [0.29, 0.717) is 6.54 Å². The van der Waals surface area contributed by atoms with Gasteiger partial charge in [0.15, 0.2) is 0 Å². The molecule has 0 aliphatic carbocycles. The minimum atomic E-state index is -0.157. The summed E-state index contributed by atoms with van der Waals surface area (Å²) in [4.78, 5) is 23.2. The molecule has 1 aliphatic rings. The van der Waals surface area contributed by atoms with Crippen LogP contribution in [-0.2, 0) is 6.54 Å². The lowest BCUT2D eigenvalue weighted by Gasteiger charge is -2.34. The molecular formula is C21H23ClN6O. The Morgan fingerprint density at radius 3 is 2.66 bits per heavy atom. The SMILES string of the molecule is O=C(NCc1cccnc1-n1ccnc1)NC1CCN(c2ccc(Cl)cc2)CC1. The molecule has 0 unspecified atom stereocenters. The first-order valence-corrected chi connectivity index (χ1v) is 10.0. The quantitative estimate of drug-likeness (QED) is 0.676. The minimum Gasteiger partial charge on any atom is -0.371 e. The summed E-state index contributed by atoms with van der Waals surface area (Å²) >= 11 is 5.96. The van der Waals surface area contributed by atoms with Crippen molar-refractivity contribution in [2.24, 2.45) is 0 Å². The summed E-state index contributed by atoms with van der Waals surface area (Å²) in [7, 11) is 0. The Bertz CT molecular complexity index is 936. The van der Waals surface area contributed by atoms with E-state index < -0.39 is 0 Å². The zero-order chi connectivity index (χ0) is 20.1. The van der Waals surface area contributed by atoms with Gasteiger partial charge in [0.05, 0.1) is 0 Å². The summed E-state index contributed by atoms with van der Waals surface area (Å²) in [6, 6.07) is 11.7. The lowest BCUT2D eigenvalue weighted by molar-refractivity contribution is 0.234. The van der Waals surface area contributed by atoms with E-state index in [1.807, 2.05) is 47.2 Å². The molecule has 8 heteroatoms. The number of hydrogen-bond acceptors (Lipinski definition) is 4. The fourth-order valence-corrected chi connectivity index (χ4v) is 3.66. The first-order valence-electron chi connectivity index (χ1n) is 9.66. The highest BCUT2D eigenvalue weighted by Crippen LogP contribution is 2.22. The second kappa shape index (κ2) is 8.96. The third-order valence-electron chi connectivity index (χ3n) is 5.08. The monoisotopic (exact) mass is 410 g/mol. The Morgan fingerprint density at radius 1 is 1.14 bits per heavy atom. The number of piperidine rings is 1. The number of rotatable bonds is 5. The molecule has 0 atom stereocenters. The van der Waals surface area contributed by atoms with Crippen LogP contribution in [0.2, 0.25) is 5.02 Å². The van der Waals surface area contributed by atoms with Gasteiger partial charge in [0.2, 0.25) is 0 Å². The molecule has 4 rings (SSSR count). The fraction of sp³-hybridized carbons (Fsp3) is 0.286. The van der Waals surface area contributed by atoms with Gasteiger partial charge in [-0.05, 0) is 43.2 Å². The van der Waals surface area contributed by atoms with Crippen molar-refractivity contribution in [3.63, 3.8) is 0 Å². The lowest BCUT2D eigenvalue weighted by atomic mass is 10.0. The van der Waals surface area contributed by atoms with Crippen molar-refractivity contribution in [2.45, 2.75) is 25.4 Å². The highest BCUT2D eigenvalue weighted by molar-refractivity contribution is 6.30. The van der Waals surface area contributed by atoms with Crippen LogP contribution >= 0.6 is 11.6 Å². The summed E-state index contributed by atoms with van der Waals surface area (Å²) in [5, 5.41) is 6.78. The van der Waals surface area contributed by atoms with Crippen molar-refractivity contribution >= 4 is 23.3 Å². The van der Waals surface area contributed by atoms with Crippen molar-refractivity contribution in [1.82, 2.24) is 25.2 Å². The maximum Gasteiger partial charge on any atom is 0.315 e. The van der Waals surface area contributed by atoms with Crippen molar-refractivity contribution < 1.29 is 4.79 Å². The number of benzene rings is 1. The van der Waals surface area contributed by atoms with Gasteiger partial charge in [0.25, 0.3) is 0 Å². The smallest absolute Gasteiger partial charge is 0.315 e.